The van der Waals surface area contributed by atoms with Gasteiger partial charge in [0.15, 0.2) is 17.5 Å². The maximum atomic E-state index is 11.1. The summed E-state index contributed by atoms with van der Waals surface area (Å²) >= 11 is 0. The molecule has 0 aliphatic carbocycles. The minimum atomic E-state index is -1.19. The first-order chi connectivity index (χ1) is 9.08. The molecule has 0 heterocycles. The number of ether oxygens (including phenoxy) is 3. The summed E-state index contributed by atoms with van der Waals surface area (Å²) in [5.74, 6) is -0.211. The van der Waals surface area contributed by atoms with Gasteiger partial charge in [-0.3, -0.25) is 4.79 Å². The predicted octanol–water partition coefficient (Wildman–Crippen LogP) is 0.584. The molecule has 1 unspecified atom stereocenters. The van der Waals surface area contributed by atoms with Crippen LogP contribution in [-0.2, 0) is 9.59 Å². The summed E-state index contributed by atoms with van der Waals surface area (Å²) < 4.78 is 15.4. The lowest BCUT2D eigenvalue weighted by Gasteiger charge is -2.17. The molecule has 7 nitrogen and oxygen atoms in total. The number of rotatable bonds is 7. The van der Waals surface area contributed by atoms with Crippen LogP contribution < -0.4 is 19.5 Å². The number of hydrogen-bond acceptors (Lipinski definition) is 5. The van der Waals surface area contributed by atoms with E-state index in [0.717, 1.165) is 0 Å². The topological polar surface area (TPSA) is 94.1 Å². The van der Waals surface area contributed by atoms with Crippen LogP contribution in [0.5, 0.6) is 17.2 Å². The number of amides is 1. The number of methoxy groups -OCH3 is 3. The van der Waals surface area contributed by atoms with Gasteiger partial charge in [0.2, 0.25) is 12.2 Å². The van der Waals surface area contributed by atoms with Gasteiger partial charge >= 0.3 is 5.97 Å². The summed E-state index contributed by atoms with van der Waals surface area (Å²) in [4.78, 5) is 21.6. The van der Waals surface area contributed by atoms with Gasteiger partial charge in [0.1, 0.15) is 0 Å². The van der Waals surface area contributed by atoms with Crippen molar-refractivity contribution in [3.63, 3.8) is 0 Å². The highest BCUT2D eigenvalue weighted by Gasteiger charge is 2.23. The highest BCUT2D eigenvalue weighted by Crippen LogP contribution is 2.39. The van der Waals surface area contributed by atoms with Gasteiger partial charge in [0, 0.05) is 0 Å². The van der Waals surface area contributed by atoms with Crippen LogP contribution in [0.2, 0.25) is 0 Å². The van der Waals surface area contributed by atoms with E-state index in [1.165, 1.54) is 33.5 Å². The Morgan fingerprint density at radius 3 is 2.05 bits per heavy atom. The summed E-state index contributed by atoms with van der Waals surface area (Å²) in [5.41, 5.74) is 0.314. The van der Waals surface area contributed by atoms with Crippen LogP contribution in [0.3, 0.4) is 0 Å². The van der Waals surface area contributed by atoms with Gasteiger partial charge < -0.3 is 24.6 Å². The number of carboxylic acid groups (broad SMARTS) is 1. The molecule has 0 saturated carbocycles. The fourth-order valence-corrected chi connectivity index (χ4v) is 1.65. The molecule has 7 heteroatoms. The third-order valence-electron chi connectivity index (χ3n) is 2.50. The Labute approximate surface area is 110 Å². The van der Waals surface area contributed by atoms with Gasteiger partial charge in [-0.15, -0.1) is 0 Å². The molecule has 1 aromatic carbocycles. The normalized spacial score (nSPS) is 11.3. The maximum absolute atomic E-state index is 11.1. The minimum absolute atomic E-state index is 0.314. The molecular weight excluding hydrogens is 254 g/mol. The first kappa shape index (κ1) is 14.6. The first-order valence-corrected chi connectivity index (χ1v) is 5.31. The molecule has 104 valence electrons. The average molecular weight is 269 g/mol. The second kappa shape index (κ2) is 6.48. The Kier molecular flexibility index (Phi) is 4.99. The summed E-state index contributed by atoms with van der Waals surface area (Å²) in [6.45, 7) is 0. The van der Waals surface area contributed by atoms with Gasteiger partial charge in [-0.25, -0.2) is 4.79 Å². The van der Waals surface area contributed by atoms with Crippen LogP contribution in [-0.4, -0.2) is 38.8 Å². The van der Waals surface area contributed by atoms with Crippen LogP contribution >= 0.6 is 0 Å². The Morgan fingerprint density at radius 1 is 1.21 bits per heavy atom. The number of carboxylic acids is 1. The zero-order chi connectivity index (χ0) is 14.4. The maximum Gasteiger partial charge on any atom is 0.330 e. The average Bonchev–Trinajstić information content (AvgIpc) is 2.42. The second-order valence-electron chi connectivity index (χ2n) is 3.51. The largest absolute Gasteiger partial charge is 0.493 e. The summed E-state index contributed by atoms with van der Waals surface area (Å²) in [6, 6.07) is 1.75. The van der Waals surface area contributed by atoms with Crippen LogP contribution in [0.1, 0.15) is 11.6 Å². The fraction of sp³-hybridized carbons (Fsp3) is 0.333. The third-order valence-corrected chi connectivity index (χ3v) is 2.50. The van der Waals surface area contributed by atoms with E-state index in [1.54, 1.807) is 0 Å². The van der Waals surface area contributed by atoms with Crippen molar-refractivity contribution < 1.29 is 28.9 Å². The van der Waals surface area contributed by atoms with Gasteiger partial charge in [-0.1, -0.05) is 0 Å². The fourth-order valence-electron chi connectivity index (χ4n) is 1.65. The SMILES string of the molecule is COc1cc(C(NC=O)C(=O)O)cc(OC)c1OC. The lowest BCUT2D eigenvalue weighted by Crippen LogP contribution is -2.27. The molecule has 19 heavy (non-hydrogen) atoms. The molecule has 2 N–H and O–H groups in total. The van der Waals surface area contributed by atoms with Gasteiger partial charge in [0.25, 0.3) is 0 Å². The van der Waals surface area contributed by atoms with E-state index in [2.05, 4.69) is 5.32 Å². The Hall–Kier alpha value is -2.44. The number of benzene rings is 1. The quantitative estimate of drug-likeness (QED) is 0.703. The number of hydrogen-bond donors (Lipinski definition) is 2. The van der Waals surface area contributed by atoms with E-state index in [1.807, 2.05) is 0 Å². The lowest BCUT2D eigenvalue weighted by molar-refractivity contribution is -0.140. The highest BCUT2D eigenvalue weighted by atomic mass is 16.5. The first-order valence-electron chi connectivity index (χ1n) is 5.31. The Morgan fingerprint density at radius 2 is 1.74 bits per heavy atom. The third kappa shape index (κ3) is 3.06. The zero-order valence-electron chi connectivity index (χ0n) is 10.8. The molecule has 0 fully saturated rings. The number of aliphatic carboxylic acids is 1. The van der Waals surface area contributed by atoms with Crippen molar-refractivity contribution in [3.8, 4) is 17.2 Å². The highest BCUT2D eigenvalue weighted by molar-refractivity contribution is 5.79. The van der Waals surface area contributed by atoms with Crippen molar-refractivity contribution in [2.75, 3.05) is 21.3 Å². The molecule has 0 spiro atoms. The van der Waals surface area contributed by atoms with Crippen molar-refractivity contribution in [2.45, 2.75) is 6.04 Å². The van der Waals surface area contributed by atoms with Gasteiger partial charge in [-0.2, -0.15) is 0 Å². The van der Waals surface area contributed by atoms with Crippen molar-refractivity contribution in [3.05, 3.63) is 17.7 Å². The summed E-state index contributed by atoms with van der Waals surface area (Å²) in [5, 5.41) is 11.3. The zero-order valence-corrected chi connectivity index (χ0v) is 10.8. The number of nitrogens with one attached hydrogen (secondary N) is 1. The van der Waals surface area contributed by atoms with E-state index in [9.17, 15) is 9.59 Å². The van der Waals surface area contributed by atoms with E-state index < -0.39 is 12.0 Å². The lowest BCUT2D eigenvalue weighted by atomic mass is 10.1. The van der Waals surface area contributed by atoms with E-state index in [0.29, 0.717) is 29.2 Å². The standard InChI is InChI=1S/C12H15NO6/c1-17-8-4-7(10(12(15)16)13-6-14)5-9(18-2)11(8)19-3/h4-6,10H,1-3H3,(H,13,14)(H,15,16). The molecule has 0 saturated heterocycles. The Bertz CT molecular complexity index is 448. The Balaban J connectivity index is 3.35. The number of carbonyl (C=O) groups is 2. The van der Waals surface area contributed by atoms with Gasteiger partial charge in [-0.05, 0) is 17.7 Å². The molecular formula is C12H15NO6. The molecule has 1 aromatic rings. The summed E-state index contributed by atoms with van der Waals surface area (Å²) in [7, 11) is 4.28. The van der Waals surface area contributed by atoms with Gasteiger partial charge in [0.05, 0.1) is 21.3 Å². The molecule has 0 aromatic heterocycles. The molecule has 0 aliphatic rings. The smallest absolute Gasteiger partial charge is 0.330 e. The van der Waals surface area contributed by atoms with Crippen molar-refractivity contribution in [1.82, 2.24) is 5.32 Å². The van der Waals surface area contributed by atoms with Crippen LogP contribution in [0.4, 0.5) is 0 Å². The molecule has 0 aliphatic heterocycles. The molecule has 0 radical (unpaired) electrons. The van der Waals surface area contributed by atoms with Crippen LogP contribution in [0.25, 0.3) is 0 Å². The van der Waals surface area contributed by atoms with Crippen LogP contribution in [0, 0.1) is 0 Å². The predicted molar refractivity (Wildman–Crippen MR) is 65.7 cm³/mol. The van der Waals surface area contributed by atoms with Crippen molar-refractivity contribution in [1.29, 1.82) is 0 Å². The van der Waals surface area contributed by atoms with E-state index >= 15 is 0 Å². The monoisotopic (exact) mass is 269 g/mol. The molecule has 0 bridgehead atoms. The minimum Gasteiger partial charge on any atom is -0.493 e. The number of carbonyl (C=O) groups excluding carboxylic acids is 1. The molecule has 1 amide bonds. The molecule has 1 atom stereocenters. The summed E-state index contributed by atoms with van der Waals surface area (Å²) in [6.07, 6.45) is 0.321. The van der Waals surface area contributed by atoms with Crippen molar-refractivity contribution in [2.24, 2.45) is 0 Å². The van der Waals surface area contributed by atoms with E-state index in [4.69, 9.17) is 19.3 Å². The van der Waals surface area contributed by atoms with E-state index in [-0.39, 0.29) is 0 Å². The second-order valence-corrected chi connectivity index (χ2v) is 3.51. The van der Waals surface area contributed by atoms with Crippen LogP contribution in [0.15, 0.2) is 12.1 Å². The van der Waals surface area contributed by atoms with Crippen molar-refractivity contribution >= 4 is 12.4 Å². The molecule has 1 rings (SSSR count).